The molecule has 0 aliphatic heterocycles. The minimum Gasteiger partial charge on any atom is -0.346 e. The predicted octanol–water partition coefficient (Wildman–Crippen LogP) is 4.02. The van der Waals surface area contributed by atoms with Gasteiger partial charge in [0.1, 0.15) is 6.54 Å². The van der Waals surface area contributed by atoms with Crippen LogP contribution in [0.1, 0.15) is 64.2 Å². The Bertz CT molecular complexity index is 972. The summed E-state index contributed by atoms with van der Waals surface area (Å²) in [6, 6.07) is 7.44. The lowest BCUT2D eigenvalue weighted by Gasteiger charge is -2.39. The zero-order chi connectivity index (χ0) is 22.8. The molecule has 6 heteroatoms. The number of hydrogen-bond donors (Lipinski definition) is 1. The van der Waals surface area contributed by atoms with Gasteiger partial charge in [-0.1, -0.05) is 39.0 Å². The minimum atomic E-state index is -0.562. The van der Waals surface area contributed by atoms with E-state index in [0.717, 1.165) is 24.8 Å². The van der Waals surface area contributed by atoms with Crippen molar-refractivity contribution in [1.29, 1.82) is 0 Å². The molecule has 1 heterocycles. The smallest absolute Gasteiger partial charge is 0.292 e. The standard InChI is InChI=1S/C25H35N3O3/c1-6-27(7-2)22(29)16-28-15-20(19-10-8-9-11-21(19)28)23(30)24(31)26-18-12-17(3)13-25(4,5)14-18/h8-11,15,17-18H,6-7,12-14,16H2,1-5H3,(H,26,31)/t17-,18+/m1/s1. The van der Waals surface area contributed by atoms with Crippen molar-refractivity contribution in [3.8, 4) is 0 Å². The molecule has 0 unspecified atom stereocenters. The maximum atomic E-state index is 13.1. The summed E-state index contributed by atoms with van der Waals surface area (Å²) in [4.78, 5) is 40.3. The van der Waals surface area contributed by atoms with Crippen LogP contribution in [0.2, 0.25) is 0 Å². The number of Topliss-reactive ketones (excluding diaryl/α,β-unsaturated/α-hetero) is 1. The minimum absolute atomic E-state index is 0.00683. The molecule has 2 atom stereocenters. The zero-order valence-corrected chi connectivity index (χ0v) is 19.4. The van der Waals surface area contributed by atoms with Crippen molar-refractivity contribution >= 4 is 28.5 Å². The first-order valence-electron chi connectivity index (χ1n) is 11.4. The number of fused-ring (bicyclic) bond motifs is 1. The number of carbonyl (C=O) groups excluding carboxylic acids is 3. The number of nitrogens with one attached hydrogen (secondary N) is 1. The molecule has 168 valence electrons. The van der Waals surface area contributed by atoms with Gasteiger partial charge in [-0.3, -0.25) is 14.4 Å². The number of para-hydroxylation sites is 1. The summed E-state index contributed by atoms with van der Waals surface area (Å²) in [5.74, 6) is -0.598. The Hall–Kier alpha value is -2.63. The van der Waals surface area contributed by atoms with Gasteiger partial charge in [-0.15, -0.1) is 0 Å². The van der Waals surface area contributed by atoms with E-state index in [2.05, 4.69) is 26.1 Å². The van der Waals surface area contributed by atoms with Gasteiger partial charge in [0.05, 0.1) is 5.56 Å². The van der Waals surface area contributed by atoms with Crippen molar-refractivity contribution in [2.45, 2.75) is 66.5 Å². The number of benzene rings is 1. The van der Waals surface area contributed by atoms with E-state index >= 15 is 0 Å². The second-order valence-corrected chi connectivity index (χ2v) is 9.67. The SMILES string of the molecule is CCN(CC)C(=O)Cn1cc(C(=O)C(=O)N[C@H]2C[C@@H](C)CC(C)(C)C2)c2ccccc21. The van der Waals surface area contributed by atoms with Crippen molar-refractivity contribution < 1.29 is 14.4 Å². The summed E-state index contributed by atoms with van der Waals surface area (Å²) in [5, 5.41) is 3.68. The number of likely N-dealkylation sites (N-methyl/N-ethyl adjacent to an activating group) is 1. The monoisotopic (exact) mass is 425 g/mol. The fourth-order valence-electron chi connectivity index (χ4n) is 5.21. The first-order chi connectivity index (χ1) is 14.6. The Labute approximate surface area is 185 Å². The Morgan fingerprint density at radius 2 is 1.81 bits per heavy atom. The van der Waals surface area contributed by atoms with E-state index in [4.69, 9.17) is 0 Å². The molecule has 1 aromatic carbocycles. The van der Waals surface area contributed by atoms with Crippen molar-refractivity contribution in [2.75, 3.05) is 13.1 Å². The van der Waals surface area contributed by atoms with Gasteiger partial charge in [0, 0.05) is 36.2 Å². The Morgan fingerprint density at radius 1 is 1.13 bits per heavy atom. The van der Waals surface area contributed by atoms with Gasteiger partial charge in [-0.05, 0) is 50.5 Å². The summed E-state index contributed by atoms with van der Waals surface area (Å²) in [5.41, 5.74) is 1.29. The number of ketones is 1. The first-order valence-corrected chi connectivity index (χ1v) is 11.4. The molecule has 0 radical (unpaired) electrons. The number of nitrogens with zero attached hydrogens (tertiary/aromatic N) is 2. The molecule has 6 nitrogen and oxygen atoms in total. The number of aromatic nitrogens is 1. The topological polar surface area (TPSA) is 71.4 Å². The number of rotatable bonds is 7. The molecule has 1 fully saturated rings. The highest BCUT2D eigenvalue weighted by Gasteiger charge is 2.34. The Morgan fingerprint density at radius 3 is 2.45 bits per heavy atom. The lowest BCUT2D eigenvalue weighted by Crippen LogP contribution is -2.45. The van der Waals surface area contributed by atoms with Crippen molar-refractivity contribution in [3.63, 3.8) is 0 Å². The van der Waals surface area contributed by atoms with Gasteiger partial charge >= 0.3 is 0 Å². The molecule has 2 amide bonds. The number of carbonyl (C=O) groups is 3. The molecule has 0 bridgehead atoms. The van der Waals surface area contributed by atoms with Crippen LogP contribution >= 0.6 is 0 Å². The van der Waals surface area contributed by atoms with Crippen molar-refractivity contribution in [2.24, 2.45) is 11.3 Å². The zero-order valence-electron chi connectivity index (χ0n) is 19.4. The van der Waals surface area contributed by atoms with Crippen LogP contribution in [0.4, 0.5) is 0 Å². The average Bonchev–Trinajstić information content (AvgIpc) is 3.05. The summed E-state index contributed by atoms with van der Waals surface area (Å²) in [6.45, 7) is 11.9. The van der Waals surface area contributed by atoms with Crippen LogP contribution in [-0.4, -0.2) is 46.2 Å². The number of hydrogen-bond acceptors (Lipinski definition) is 3. The number of amides is 2. The van der Waals surface area contributed by atoms with Crippen LogP contribution in [0.15, 0.2) is 30.5 Å². The highest BCUT2D eigenvalue weighted by molar-refractivity contribution is 6.45. The van der Waals surface area contributed by atoms with Gasteiger partial charge in [0.2, 0.25) is 5.91 Å². The average molecular weight is 426 g/mol. The molecular formula is C25H35N3O3. The normalized spacial score (nSPS) is 20.4. The lowest BCUT2D eigenvalue weighted by molar-refractivity contribution is -0.131. The highest BCUT2D eigenvalue weighted by Crippen LogP contribution is 2.38. The van der Waals surface area contributed by atoms with Gasteiger partial charge in [0.15, 0.2) is 0 Å². The molecular weight excluding hydrogens is 390 g/mol. The lowest BCUT2D eigenvalue weighted by atomic mass is 9.70. The van der Waals surface area contributed by atoms with E-state index in [1.807, 2.05) is 38.1 Å². The maximum absolute atomic E-state index is 13.1. The summed E-state index contributed by atoms with van der Waals surface area (Å²) in [6.07, 6.45) is 4.54. The first kappa shape index (κ1) is 23.0. The van der Waals surface area contributed by atoms with E-state index in [1.54, 1.807) is 15.7 Å². The summed E-state index contributed by atoms with van der Waals surface area (Å²) in [7, 11) is 0. The maximum Gasteiger partial charge on any atom is 0.292 e. The van der Waals surface area contributed by atoms with Gasteiger partial charge in [-0.2, -0.15) is 0 Å². The summed E-state index contributed by atoms with van der Waals surface area (Å²) >= 11 is 0. The Balaban J connectivity index is 1.82. The molecule has 1 N–H and O–H groups in total. The fraction of sp³-hybridized carbons (Fsp3) is 0.560. The molecule has 1 aliphatic rings. The fourth-order valence-corrected chi connectivity index (χ4v) is 5.21. The molecule has 0 spiro atoms. The second kappa shape index (κ2) is 9.25. The largest absolute Gasteiger partial charge is 0.346 e. The third-order valence-corrected chi connectivity index (χ3v) is 6.38. The molecule has 1 aliphatic carbocycles. The van der Waals surface area contributed by atoms with Crippen LogP contribution in [0.25, 0.3) is 10.9 Å². The van der Waals surface area contributed by atoms with Crippen molar-refractivity contribution in [3.05, 3.63) is 36.0 Å². The Kier molecular flexibility index (Phi) is 6.87. The third-order valence-electron chi connectivity index (χ3n) is 6.38. The molecule has 0 saturated heterocycles. The molecule has 1 aromatic heterocycles. The van der Waals surface area contributed by atoms with Crippen molar-refractivity contribution in [1.82, 2.24) is 14.8 Å². The summed E-state index contributed by atoms with van der Waals surface area (Å²) < 4.78 is 1.78. The van der Waals surface area contributed by atoms with Crippen LogP contribution in [0.3, 0.4) is 0 Å². The quantitative estimate of drug-likeness (QED) is 0.538. The van der Waals surface area contributed by atoms with E-state index < -0.39 is 11.7 Å². The van der Waals surface area contributed by atoms with Gasteiger partial charge in [0.25, 0.3) is 11.7 Å². The molecule has 3 rings (SSSR count). The van der Waals surface area contributed by atoms with Crippen LogP contribution in [0, 0.1) is 11.3 Å². The predicted molar refractivity (Wildman–Crippen MR) is 123 cm³/mol. The van der Waals surface area contributed by atoms with Gasteiger partial charge in [-0.25, -0.2) is 0 Å². The van der Waals surface area contributed by atoms with E-state index in [1.165, 1.54) is 0 Å². The van der Waals surface area contributed by atoms with Crippen LogP contribution in [-0.2, 0) is 16.1 Å². The molecule has 2 aromatic rings. The van der Waals surface area contributed by atoms with E-state index in [0.29, 0.717) is 30.0 Å². The third kappa shape index (κ3) is 5.17. The van der Waals surface area contributed by atoms with E-state index in [9.17, 15) is 14.4 Å². The van der Waals surface area contributed by atoms with Crippen LogP contribution in [0.5, 0.6) is 0 Å². The van der Waals surface area contributed by atoms with Gasteiger partial charge < -0.3 is 14.8 Å². The highest BCUT2D eigenvalue weighted by atomic mass is 16.2. The second-order valence-electron chi connectivity index (χ2n) is 9.67. The molecule has 1 saturated carbocycles. The van der Waals surface area contributed by atoms with E-state index in [-0.39, 0.29) is 23.9 Å². The molecule has 31 heavy (non-hydrogen) atoms. The van der Waals surface area contributed by atoms with Crippen LogP contribution < -0.4 is 5.32 Å².